The largest absolute Gasteiger partial charge is 0.496 e. The van der Waals surface area contributed by atoms with E-state index in [1.165, 1.54) is 6.92 Å². The topological polar surface area (TPSA) is 71.5 Å². The first-order valence-corrected chi connectivity index (χ1v) is 14.6. The van der Waals surface area contributed by atoms with Crippen LogP contribution in [0.3, 0.4) is 0 Å². The number of ketones is 1. The number of thiophene rings is 1. The Labute approximate surface area is 270 Å². The summed E-state index contributed by atoms with van der Waals surface area (Å²) >= 11 is 7.43. The van der Waals surface area contributed by atoms with Gasteiger partial charge >= 0.3 is 0 Å². The maximum Gasteiger partial charge on any atom is 0.266 e. The molecule has 0 saturated heterocycles. The number of nitrogens with one attached hydrogen (secondary N) is 1. The minimum absolute atomic E-state index is 0. The number of benzene rings is 2. The lowest BCUT2D eigenvalue weighted by molar-refractivity contribution is 0.0604. The summed E-state index contributed by atoms with van der Waals surface area (Å²) < 4.78 is 35.0. The van der Waals surface area contributed by atoms with Gasteiger partial charge in [-0.3, -0.25) is 14.6 Å². The zero-order chi connectivity index (χ0) is 29.3. The van der Waals surface area contributed by atoms with E-state index in [1.807, 2.05) is 31.3 Å². The minimum Gasteiger partial charge on any atom is -0.496 e. The van der Waals surface area contributed by atoms with Crippen LogP contribution in [0.1, 0.15) is 58.3 Å². The number of aromatic nitrogens is 1. The summed E-state index contributed by atoms with van der Waals surface area (Å²) in [5.41, 5.74) is 2.75. The zero-order valence-corrected chi connectivity index (χ0v) is 27.0. The number of pyridine rings is 1. The molecular formula is C31H32Cl3F2N3O3S. The first-order valence-electron chi connectivity index (χ1n) is 13.4. The fraction of sp³-hybridized carbons (Fsp3) is 0.323. The molecule has 12 heteroatoms. The van der Waals surface area contributed by atoms with Crippen molar-refractivity contribution in [1.29, 1.82) is 0 Å². The van der Waals surface area contributed by atoms with Crippen molar-refractivity contribution in [3.63, 3.8) is 0 Å². The molecule has 0 bridgehead atoms. The molecule has 5 rings (SSSR count). The number of hydrogen-bond donors (Lipinski definition) is 1. The Bertz CT molecular complexity index is 1630. The third-order valence-electron chi connectivity index (χ3n) is 7.76. The summed E-state index contributed by atoms with van der Waals surface area (Å²) in [6.07, 6.45) is 4.88. The number of carbonyl (C=O) groups is 2. The molecule has 4 aromatic rings. The molecule has 1 N–H and O–H groups in total. The van der Waals surface area contributed by atoms with Gasteiger partial charge in [-0.25, -0.2) is 8.78 Å². The van der Waals surface area contributed by atoms with Gasteiger partial charge in [0.1, 0.15) is 28.0 Å². The van der Waals surface area contributed by atoms with E-state index in [0.717, 1.165) is 65.8 Å². The molecule has 0 aliphatic heterocycles. The Morgan fingerprint density at radius 1 is 1.05 bits per heavy atom. The van der Waals surface area contributed by atoms with Crippen molar-refractivity contribution in [3.05, 3.63) is 81.5 Å². The average molecular weight is 671 g/mol. The molecular weight excluding hydrogens is 639 g/mol. The van der Waals surface area contributed by atoms with Crippen molar-refractivity contribution in [1.82, 2.24) is 15.2 Å². The third kappa shape index (κ3) is 7.13. The van der Waals surface area contributed by atoms with Crippen molar-refractivity contribution in [3.8, 4) is 16.9 Å². The van der Waals surface area contributed by atoms with Crippen molar-refractivity contribution >= 4 is 69.5 Å². The van der Waals surface area contributed by atoms with Crippen LogP contribution in [0.25, 0.3) is 21.2 Å². The molecule has 1 aliphatic rings. The fourth-order valence-electron chi connectivity index (χ4n) is 5.48. The molecule has 6 nitrogen and oxygen atoms in total. The number of Topliss-reactive ketones (excluding diaryl/α,β-unsaturated/α-hetero) is 1. The van der Waals surface area contributed by atoms with Crippen LogP contribution in [-0.4, -0.2) is 47.8 Å². The Morgan fingerprint density at radius 3 is 2.35 bits per heavy atom. The molecule has 0 radical (unpaired) electrons. The number of rotatable bonds is 8. The summed E-state index contributed by atoms with van der Waals surface area (Å²) in [5, 5.41) is 3.17. The smallest absolute Gasteiger partial charge is 0.266 e. The van der Waals surface area contributed by atoms with Gasteiger partial charge in [0.2, 0.25) is 0 Å². The minimum atomic E-state index is -0.667. The number of ether oxygens (including phenoxy) is 1. The normalized spacial score (nSPS) is 16.2. The van der Waals surface area contributed by atoms with Crippen LogP contribution in [0.2, 0.25) is 5.02 Å². The molecule has 1 fully saturated rings. The summed E-state index contributed by atoms with van der Waals surface area (Å²) in [6, 6.07) is 11.5. The van der Waals surface area contributed by atoms with Gasteiger partial charge in [-0.05, 0) is 80.3 Å². The van der Waals surface area contributed by atoms with Gasteiger partial charge in [-0.15, -0.1) is 36.2 Å². The van der Waals surface area contributed by atoms with Crippen molar-refractivity contribution in [2.24, 2.45) is 0 Å². The number of carbonyl (C=O) groups excluding carboxylic acids is 2. The highest BCUT2D eigenvalue weighted by Gasteiger charge is 2.33. The maximum absolute atomic E-state index is 14.7. The van der Waals surface area contributed by atoms with Crippen LogP contribution in [-0.2, 0) is 6.54 Å². The van der Waals surface area contributed by atoms with Gasteiger partial charge in [-0.2, -0.15) is 0 Å². The van der Waals surface area contributed by atoms with Crippen LogP contribution < -0.4 is 10.1 Å². The highest BCUT2D eigenvalue weighted by atomic mass is 35.5. The lowest BCUT2D eigenvalue weighted by Gasteiger charge is -2.37. The molecule has 2 aromatic carbocycles. The molecule has 1 amide bonds. The predicted octanol–water partition coefficient (Wildman–Crippen LogP) is 8.12. The van der Waals surface area contributed by atoms with Crippen molar-refractivity contribution in [2.75, 3.05) is 14.2 Å². The van der Waals surface area contributed by atoms with Gasteiger partial charge in [0.05, 0.1) is 22.2 Å². The van der Waals surface area contributed by atoms with E-state index in [2.05, 4.69) is 10.3 Å². The number of amides is 1. The van der Waals surface area contributed by atoms with E-state index in [1.54, 1.807) is 24.3 Å². The van der Waals surface area contributed by atoms with Gasteiger partial charge < -0.3 is 15.0 Å². The quantitative estimate of drug-likeness (QED) is 0.192. The predicted molar refractivity (Wildman–Crippen MR) is 172 cm³/mol. The second kappa shape index (κ2) is 14.8. The molecule has 0 unspecified atom stereocenters. The SMILES string of the molecule is CNC1CCC(N(Cc2cc(-c3ccnc(C(C)=O)c3)ccc2OC)C(=O)c2sc3c(F)ccc(F)c3c2Cl)CC1.Cl.Cl. The number of halogens is 5. The van der Waals surface area contributed by atoms with Crippen LogP contribution in [0.4, 0.5) is 8.78 Å². The second-order valence-electron chi connectivity index (χ2n) is 10.2. The highest BCUT2D eigenvalue weighted by Crippen LogP contribution is 2.40. The first kappa shape index (κ1) is 34.7. The molecule has 1 saturated carbocycles. The monoisotopic (exact) mass is 669 g/mol. The van der Waals surface area contributed by atoms with E-state index < -0.39 is 11.6 Å². The van der Waals surface area contributed by atoms with E-state index in [4.69, 9.17) is 16.3 Å². The van der Waals surface area contributed by atoms with Crippen LogP contribution >= 0.6 is 47.8 Å². The lowest BCUT2D eigenvalue weighted by Crippen LogP contribution is -2.44. The number of methoxy groups -OCH3 is 1. The van der Waals surface area contributed by atoms with E-state index in [-0.39, 0.29) is 69.1 Å². The molecule has 230 valence electrons. The number of nitrogens with zero attached hydrogens (tertiary/aromatic N) is 2. The Kier molecular flexibility index (Phi) is 11.9. The molecule has 0 atom stereocenters. The zero-order valence-electron chi connectivity index (χ0n) is 23.8. The summed E-state index contributed by atoms with van der Waals surface area (Å²) in [7, 11) is 3.50. The number of fused-ring (bicyclic) bond motifs is 1. The van der Waals surface area contributed by atoms with Crippen LogP contribution in [0, 0.1) is 11.6 Å². The standard InChI is InChI=1S/C31H30ClF2N3O3S.2ClH/c1-17(38)25-15-19(12-13-36-25)18-4-11-26(40-3)20(14-18)16-37(22-7-5-21(35-2)6-8-22)31(39)30-28(32)27-23(33)9-10-24(34)29(27)41-30;;/h4,9-15,21-22,35H,5-8,16H2,1-3H3;2*1H. The first-order chi connectivity index (χ1) is 19.7. The summed E-state index contributed by atoms with van der Waals surface area (Å²) in [6.45, 7) is 1.67. The van der Waals surface area contributed by atoms with E-state index in [9.17, 15) is 18.4 Å². The number of hydrogen-bond acceptors (Lipinski definition) is 6. The molecule has 43 heavy (non-hydrogen) atoms. The Balaban J connectivity index is 0.00000253. The summed E-state index contributed by atoms with van der Waals surface area (Å²) in [5.74, 6) is -1.21. The van der Waals surface area contributed by atoms with Gasteiger partial charge in [0.15, 0.2) is 5.78 Å². The van der Waals surface area contributed by atoms with E-state index >= 15 is 0 Å². The average Bonchev–Trinajstić information content (AvgIpc) is 3.35. The van der Waals surface area contributed by atoms with Crippen LogP contribution in [0.15, 0.2) is 48.7 Å². The Morgan fingerprint density at radius 2 is 1.72 bits per heavy atom. The molecule has 0 spiro atoms. The Hall–Kier alpha value is -2.82. The van der Waals surface area contributed by atoms with Gasteiger partial charge in [0, 0.05) is 37.3 Å². The third-order valence-corrected chi connectivity index (χ3v) is 9.43. The molecule has 2 heterocycles. The van der Waals surface area contributed by atoms with E-state index in [0.29, 0.717) is 17.5 Å². The van der Waals surface area contributed by atoms with Crippen LogP contribution in [0.5, 0.6) is 5.75 Å². The maximum atomic E-state index is 14.7. The van der Waals surface area contributed by atoms with Crippen molar-refractivity contribution < 1.29 is 23.1 Å². The van der Waals surface area contributed by atoms with Gasteiger partial charge in [0.25, 0.3) is 5.91 Å². The molecule has 2 aromatic heterocycles. The molecule has 1 aliphatic carbocycles. The van der Waals surface area contributed by atoms with Gasteiger partial charge in [-0.1, -0.05) is 17.7 Å². The highest BCUT2D eigenvalue weighted by molar-refractivity contribution is 7.21. The second-order valence-corrected chi connectivity index (χ2v) is 11.6. The summed E-state index contributed by atoms with van der Waals surface area (Å²) in [4.78, 5) is 32.1. The van der Waals surface area contributed by atoms with Crippen molar-refractivity contribution in [2.45, 2.75) is 51.2 Å². The fourth-order valence-corrected chi connectivity index (χ4v) is 6.98. The lowest BCUT2D eigenvalue weighted by atomic mass is 9.89.